The first kappa shape index (κ1) is 21.5. The third kappa shape index (κ3) is 3.94. The zero-order valence-electron chi connectivity index (χ0n) is 17.1. The fraction of sp³-hybridized carbons (Fsp3) is 0.174. The lowest BCUT2D eigenvalue weighted by atomic mass is 10.2. The van der Waals surface area contributed by atoms with Crippen molar-refractivity contribution in [3.63, 3.8) is 0 Å². The molecule has 9 heteroatoms. The first-order chi connectivity index (χ1) is 15.5. The monoisotopic (exact) mass is 500 g/mol. The molecule has 3 heterocycles. The third-order valence-corrected chi connectivity index (χ3v) is 7.62. The molecule has 5 aromatic rings. The molecule has 0 aliphatic rings. The highest BCUT2D eigenvalue weighted by atomic mass is 35.5. The molecule has 0 radical (unpaired) electrons. The maximum absolute atomic E-state index is 13.5. The van der Waals surface area contributed by atoms with E-state index in [1.54, 1.807) is 34.4 Å². The summed E-state index contributed by atoms with van der Waals surface area (Å²) in [5, 5.41) is 5.21. The molecule has 2 aromatic carbocycles. The molecule has 0 spiro atoms. The highest BCUT2D eigenvalue weighted by molar-refractivity contribution is 7.98. The van der Waals surface area contributed by atoms with Crippen LogP contribution in [0, 0.1) is 0 Å². The molecule has 5 rings (SSSR count). The molecule has 0 fully saturated rings. The SMILES string of the molecule is CCCn1cnc2c(=O)n(-c3ccc(Cl)cc3)c(SCc3csc4ccc(Cl)cc34)nc21. The van der Waals surface area contributed by atoms with Crippen molar-refractivity contribution in [3.05, 3.63) is 80.1 Å². The van der Waals surface area contributed by atoms with Crippen LogP contribution >= 0.6 is 46.3 Å². The van der Waals surface area contributed by atoms with Gasteiger partial charge in [0.2, 0.25) is 0 Å². The molecule has 0 N–H and O–H groups in total. The van der Waals surface area contributed by atoms with E-state index in [2.05, 4.69) is 17.3 Å². The number of aryl methyl sites for hydroxylation is 1. The van der Waals surface area contributed by atoms with Crippen LogP contribution in [0.5, 0.6) is 0 Å². The van der Waals surface area contributed by atoms with E-state index in [9.17, 15) is 4.79 Å². The summed E-state index contributed by atoms with van der Waals surface area (Å²) >= 11 is 15.5. The van der Waals surface area contributed by atoms with Gasteiger partial charge in [-0.2, -0.15) is 0 Å². The van der Waals surface area contributed by atoms with Gasteiger partial charge in [-0.05, 0) is 65.2 Å². The summed E-state index contributed by atoms with van der Waals surface area (Å²) in [6.07, 6.45) is 2.62. The Kier molecular flexibility index (Phi) is 5.99. The second-order valence-electron chi connectivity index (χ2n) is 7.31. The fourth-order valence-electron chi connectivity index (χ4n) is 3.60. The minimum atomic E-state index is -0.187. The smallest absolute Gasteiger partial charge is 0.286 e. The fourth-order valence-corrected chi connectivity index (χ4v) is 5.94. The zero-order valence-corrected chi connectivity index (χ0v) is 20.2. The number of rotatable bonds is 6. The van der Waals surface area contributed by atoms with Gasteiger partial charge < -0.3 is 4.57 Å². The molecule has 0 aliphatic carbocycles. The molecule has 5 nitrogen and oxygen atoms in total. The molecule has 0 saturated carbocycles. The van der Waals surface area contributed by atoms with Crippen molar-refractivity contribution < 1.29 is 0 Å². The van der Waals surface area contributed by atoms with Crippen LogP contribution < -0.4 is 5.56 Å². The lowest BCUT2D eigenvalue weighted by Gasteiger charge is -2.12. The maximum atomic E-state index is 13.5. The molecular weight excluding hydrogens is 483 g/mol. The van der Waals surface area contributed by atoms with Gasteiger partial charge in [-0.15, -0.1) is 11.3 Å². The van der Waals surface area contributed by atoms with Crippen LogP contribution in [0.3, 0.4) is 0 Å². The van der Waals surface area contributed by atoms with Gasteiger partial charge in [0, 0.05) is 27.0 Å². The molecule has 32 heavy (non-hydrogen) atoms. The van der Waals surface area contributed by atoms with Crippen LogP contribution in [0.4, 0.5) is 0 Å². The highest BCUT2D eigenvalue weighted by Crippen LogP contribution is 2.33. The van der Waals surface area contributed by atoms with E-state index in [0.29, 0.717) is 37.8 Å². The summed E-state index contributed by atoms with van der Waals surface area (Å²) in [4.78, 5) is 22.7. The van der Waals surface area contributed by atoms with E-state index in [0.717, 1.165) is 23.9 Å². The van der Waals surface area contributed by atoms with E-state index in [1.165, 1.54) is 16.5 Å². The second kappa shape index (κ2) is 8.90. The zero-order chi connectivity index (χ0) is 22.2. The summed E-state index contributed by atoms with van der Waals surface area (Å²) in [6.45, 7) is 2.84. The normalized spacial score (nSPS) is 11.6. The molecular formula is C23H18Cl2N4OS2. The number of imidazole rings is 1. The number of benzene rings is 2. The van der Waals surface area contributed by atoms with E-state index >= 15 is 0 Å². The summed E-state index contributed by atoms with van der Waals surface area (Å²) in [7, 11) is 0. The predicted octanol–water partition coefficient (Wildman–Crippen LogP) is 6.81. The van der Waals surface area contributed by atoms with Gasteiger partial charge in [0.05, 0.1) is 12.0 Å². The Morgan fingerprint density at radius 1 is 1.09 bits per heavy atom. The van der Waals surface area contributed by atoms with Crippen molar-refractivity contribution in [3.8, 4) is 5.69 Å². The average Bonchev–Trinajstić information content (AvgIpc) is 3.37. The van der Waals surface area contributed by atoms with Crippen molar-refractivity contribution >= 4 is 67.6 Å². The van der Waals surface area contributed by atoms with Crippen molar-refractivity contribution in [2.45, 2.75) is 30.8 Å². The summed E-state index contributed by atoms with van der Waals surface area (Å²) in [5.74, 6) is 0.661. The summed E-state index contributed by atoms with van der Waals surface area (Å²) in [6, 6.07) is 13.1. The van der Waals surface area contributed by atoms with Crippen molar-refractivity contribution in [1.29, 1.82) is 0 Å². The predicted molar refractivity (Wildman–Crippen MR) is 135 cm³/mol. The molecule has 162 valence electrons. The Balaban J connectivity index is 1.62. The molecule has 0 saturated heterocycles. The first-order valence-electron chi connectivity index (χ1n) is 10.1. The number of aromatic nitrogens is 4. The van der Waals surface area contributed by atoms with Gasteiger partial charge >= 0.3 is 0 Å². The molecule has 0 atom stereocenters. The molecule has 0 amide bonds. The quantitative estimate of drug-likeness (QED) is 0.190. The number of halogens is 2. The van der Waals surface area contributed by atoms with Gasteiger partial charge in [-0.25, -0.2) is 9.97 Å². The number of fused-ring (bicyclic) bond motifs is 2. The van der Waals surface area contributed by atoms with E-state index in [-0.39, 0.29) is 5.56 Å². The number of hydrogen-bond acceptors (Lipinski definition) is 5. The second-order valence-corrected chi connectivity index (χ2v) is 10.0. The number of thioether (sulfide) groups is 1. The van der Waals surface area contributed by atoms with Gasteiger partial charge in [-0.3, -0.25) is 9.36 Å². The lowest BCUT2D eigenvalue weighted by Crippen LogP contribution is -2.22. The minimum absolute atomic E-state index is 0.187. The Morgan fingerprint density at radius 3 is 2.66 bits per heavy atom. The molecule has 0 aliphatic heterocycles. The number of thiophene rings is 1. The number of nitrogens with zero attached hydrogens (tertiary/aromatic N) is 4. The number of hydrogen-bond donors (Lipinski definition) is 0. The standard InChI is InChI=1S/C23H18Cl2N4OS2/c1-2-9-28-13-26-20-21(28)27-23(29(22(20)30)17-6-3-15(24)4-7-17)32-12-14-11-31-19-8-5-16(25)10-18(14)19/h3-8,10-11,13H,2,9,12H2,1H3. The Bertz CT molecular complexity index is 1490. The van der Waals surface area contributed by atoms with Gasteiger partial charge in [0.25, 0.3) is 5.56 Å². The van der Waals surface area contributed by atoms with Crippen molar-refractivity contribution in [2.24, 2.45) is 0 Å². The van der Waals surface area contributed by atoms with Crippen molar-refractivity contribution in [2.75, 3.05) is 0 Å². The summed E-state index contributed by atoms with van der Waals surface area (Å²) in [5.41, 5.74) is 2.66. The van der Waals surface area contributed by atoms with Gasteiger partial charge in [-0.1, -0.05) is 41.9 Å². The van der Waals surface area contributed by atoms with Gasteiger partial charge in [0.15, 0.2) is 16.3 Å². The van der Waals surface area contributed by atoms with E-state index < -0.39 is 0 Å². The molecule has 0 bridgehead atoms. The molecule has 0 unspecified atom stereocenters. The Labute approximate surface area is 202 Å². The first-order valence-corrected chi connectivity index (χ1v) is 12.7. The van der Waals surface area contributed by atoms with Crippen LogP contribution in [0.25, 0.3) is 26.9 Å². The molecule has 3 aromatic heterocycles. The van der Waals surface area contributed by atoms with Crippen molar-refractivity contribution in [1.82, 2.24) is 19.1 Å². The van der Waals surface area contributed by atoms with E-state index in [4.69, 9.17) is 28.2 Å². The Morgan fingerprint density at radius 2 is 1.88 bits per heavy atom. The summed E-state index contributed by atoms with van der Waals surface area (Å²) < 4.78 is 4.74. The average molecular weight is 501 g/mol. The third-order valence-electron chi connectivity index (χ3n) is 5.13. The van der Waals surface area contributed by atoms with Crippen LogP contribution in [-0.4, -0.2) is 19.1 Å². The topological polar surface area (TPSA) is 52.7 Å². The van der Waals surface area contributed by atoms with Crippen LogP contribution in [0.15, 0.2) is 64.1 Å². The Hall–Kier alpha value is -2.32. The van der Waals surface area contributed by atoms with Crippen LogP contribution in [0.2, 0.25) is 10.0 Å². The van der Waals surface area contributed by atoms with E-state index in [1.807, 2.05) is 34.9 Å². The lowest BCUT2D eigenvalue weighted by molar-refractivity contribution is 0.684. The highest BCUT2D eigenvalue weighted by Gasteiger charge is 2.18. The largest absolute Gasteiger partial charge is 0.315 e. The minimum Gasteiger partial charge on any atom is -0.315 e. The van der Waals surface area contributed by atoms with Crippen LogP contribution in [0.1, 0.15) is 18.9 Å². The van der Waals surface area contributed by atoms with Gasteiger partial charge in [0.1, 0.15) is 0 Å². The van der Waals surface area contributed by atoms with Crippen LogP contribution in [-0.2, 0) is 12.3 Å². The maximum Gasteiger partial charge on any atom is 0.286 e.